The highest BCUT2D eigenvalue weighted by atomic mass is 32.1. The third-order valence-corrected chi connectivity index (χ3v) is 0.750. The first-order chi connectivity index (χ1) is 3.93. The molecule has 0 amide bonds. The van der Waals surface area contributed by atoms with E-state index in [2.05, 4.69) is 32.6 Å². The highest BCUT2D eigenvalue weighted by Gasteiger charge is 1.82. The Balaban J connectivity index is 2.93. The number of H-pyrrole nitrogens is 1. The summed E-state index contributed by atoms with van der Waals surface area (Å²) in [5.74, 6) is 0. The number of hydrogen-bond acceptors (Lipinski definition) is 3. The molecule has 3 nitrogen and oxygen atoms in total. The zero-order chi connectivity index (χ0) is 5.82. The van der Waals surface area contributed by atoms with Gasteiger partial charge in [-0.3, -0.25) is 5.10 Å². The molecular weight excluding hydrogens is 122 g/mol. The first-order valence-corrected chi connectivity index (χ1v) is 2.41. The third-order valence-electron chi connectivity index (χ3n) is 0.659. The highest BCUT2D eigenvalue weighted by Crippen LogP contribution is 2.03. The first kappa shape index (κ1) is 5.15. The summed E-state index contributed by atoms with van der Waals surface area (Å²) >= 11 is 4.34. The molecule has 0 spiro atoms. The van der Waals surface area contributed by atoms with Gasteiger partial charge in [0.1, 0.15) is 5.69 Å². The summed E-state index contributed by atoms with van der Waals surface area (Å²) in [5.41, 5.74) is 0.708. The van der Waals surface area contributed by atoms with E-state index >= 15 is 0 Å². The molecule has 40 valence electrons. The molecule has 0 saturated heterocycles. The maximum absolute atomic E-state index is 4.34. The quantitative estimate of drug-likeness (QED) is 0.451. The van der Waals surface area contributed by atoms with Crippen LogP contribution in [0.15, 0.2) is 17.4 Å². The van der Waals surface area contributed by atoms with Crippen molar-refractivity contribution in [2.24, 2.45) is 4.99 Å². The normalized spacial score (nSPS) is 8.00. The van der Waals surface area contributed by atoms with E-state index in [1.54, 1.807) is 12.4 Å². The van der Waals surface area contributed by atoms with Crippen molar-refractivity contribution in [1.82, 2.24) is 10.2 Å². The second-order valence-corrected chi connectivity index (χ2v) is 1.34. The minimum Gasteiger partial charge on any atom is -0.283 e. The molecule has 1 rings (SSSR count). The fourth-order valence-electron chi connectivity index (χ4n) is 0.358. The minimum absolute atomic E-state index is 0.708. The lowest BCUT2D eigenvalue weighted by molar-refractivity contribution is 1.09. The van der Waals surface area contributed by atoms with Crippen molar-refractivity contribution in [3.8, 4) is 0 Å². The third kappa shape index (κ3) is 0.992. The number of thiocarbonyl (C=S) groups is 1. The van der Waals surface area contributed by atoms with Gasteiger partial charge in [-0.1, -0.05) is 0 Å². The molecule has 0 bridgehead atoms. The number of nitrogens with one attached hydrogen (secondary N) is 1. The van der Waals surface area contributed by atoms with Crippen molar-refractivity contribution < 1.29 is 0 Å². The number of aliphatic imine (C=N–C) groups is 1. The van der Waals surface area contributed by atoms with Gasteiger partial charge in [-0.2, -0.15) is 10.1 Å². The highest BCUT2D eigenvalue weighted by molar-refractivity contribution is 7.78. The molecule has 0 radical (unpaired) electrons. The first-order valence-electron chi connectivity index (χ1n) is 2.00. The zero-order valence-corrected chi connectivity index (χ0v) is 4.77. The summed E-state index contributed by atoms with van der Waals surface area (Å²) in [6.07, 6.45) is 3.21. The Morgan fingerprint density at radius 1 is 1.88 bits per heavy atom. The molecule has 1 N–H and O–H groups in total. The van der Waals surface area contributed by atoms with E-state index in [1.807, 2.05) is 0 Å². The van der Waals surface area contributed by atoms with E-state index < -0.39 is 0 Å². The van der Waals surface area contributed by atoms with Crippen molar-refractivity contribution in [2.45, 2.75) is 0 Å². The second kappa shape index (κ2) is 2.35. The van der Waals surface area contributed by atoms with Crippen molar-refractivity contribution in [2.75, 3.05) is 0 Å². The molecule has 0 aliphatic rings. The van der Waals surface area contributed by atoms with Crippen LogP contribution in [0, 0.1) is 0 Å². The van der Waals surface area contributed by atoms with Gasteiger partial charge in [0.2, 0.25) is 0 Å². The van der Waals surface area contributed by atoms with Crippen molar-refractivity contribution in [3.05, 3.63) is 12.4 Å². The molecule has 8 heavy (non-hydrogen) atoms. The van der Waals surface area contributed by atoms with E-state index in [-0.39, 0.29) is 0 Å². The summed E-state index contributed by atoms with van der Waals surface area (Å²) in [6.45, 7) is 0. The Morgan fingerprint density at radius 3 is 3.25 bits per heavy atom. The molecule has 0 aliphatic carbocycles. The Kier molecular flexibility index (Phi) is 1.51. The van der Waals surface area contributed by atoms with Gasteiger partial charge in [-0.15, -0.1) is 0 Å². The zero-order valence-electron chi connectivity index (χ0n) is 3.96. The van der Waals surface area contributed by atoms with Crippen LogP contribution in [0.3, 0.4) is 0 Å². The maximum Gasteiger partial charge on any atom is 0.112 e. The number of rotatable bonds is 1. The molecule has 0 atom stereocenters. The van der Waals surface area contributed by atoms with E-state index in [0.717, 1.165) is 0 Å². The van der Waals surface area contributed by atoms with Gasteiger partial charge < -0.3 is 0 Å². The largest absolute Gasteiger partial charge is 0.283 e. The van der Waals surface area contributed by atoms with Crippen molar-refractivity contribution in [3.63, 3.8) is 0 Å². The Hall–Kier alpha value is -0.990. The summed E-state index contributed by atoms with van der Waals surface area (Å²) in [5, 5.41) is 8.44. The number of aromatic nitrogens is 2. The number of aromatic amines is 1. The molecule has 0 aromatic carbocycles. The molecule has 4 heteroatoms. The van der Waals surface area contributed by atoms with Crippen LogP contribution in [0.5, 0.6) is 0 Å². The second-order valence-electron chi connectivity index (χ2n) is 1.16. The minimum atomic E-state index is 0.708. The topological polar surface area (TPSA) is 41.0 Å². The lowest BCUT2D eigenvalue weighted by Gasteiger charge is -1.68. The summed E-state index contributed by atoms with van der Waals surface area (Å²) in [4.78, 5) is 3.64. The molecule has 0 unspecified atom stereocenters. The van der Waals surface area contributed by atoms with E-state index in [1.165, 1.54) is 0 Å². The molecule has 0 aliphatic heterocycles. The van der Waals surface area contributed by atoms with Crippen LogP contribution < -0.4 is 0 Å². The van der Waals surface area contributed by atoms with Gasteiger partial charge in [0.15, 0.2) is 0 Å². The van der Waals surface area contributed by atoms with Crippen LogP contribution in [0.1, 0.15) is 0 Å². The lowest BCUT2D eigenvalue weighted by Crippen LogP contribution is -1.53. The standard InChI is InChI=1S/C4H3N3S/c8-3-5-4-1-6-7-2-4/h1-2H,(H,6,7). The van der Waals surface area contributed by atoms with Gasteiger partial charge in [0, 0.05) is 6.20 Å². The summed E-state index contributed by atoms with van der Waals surface area (Å²) in [6, 6.07) is 0. The molecule has 0 saturated carbocycles. The van der Waals surface area contributed by atoms with Crippen LogP contribution in [0.4, 0.5) is 5.69 Å². The molecule has 1 heterocycles. The average Bonchev–Trinajstić information content (AvgIpc) is 2.19. The van der Waals surface area contributed by atoms with Crippen LogP contribution in [-0.4, -0.2) is 15.4 Å². The Bertz CT molecular complexity index is 197. The van der Waals surface area contributed by atoms with E-state index in [0.29, 0.717) is 5.69 Å². The Morgan fingerprint density at radius 2 is 2.75 bits per heavy atom. The van der Waals surface area contributed by atoms with Crippen molar-refractivity contribution in [1.29, 1.82) is 0 Å². The molecular formula is C4H3N3S. The predicted octanol–water partition coefficient (Wildman–Crippen LogP) is 1.14. The van der Waals surface area contributed by atoms with Crippen LogP contribution in [-0.2, 0) is 0 Å². The molecule has 1 aromatic rings. The average molecular weight is 125 g/mol. The summed E-state index contributed by atoms with van der Waals surface area (Å²) < 4.78 is 0. The smallest absolute Gasteiger partial charge is 0.112 e. The van der Waals surface area contributed by atoms with E-state index in [9.17, 15) is 0 Å². The van der Waals surface area contributed by atoms with Gasteiger partial charge >= 0.3 is 0 Å². The summed E-state index contributed by atoms with van der Waals surface area (Å²) in [7, 11) is 0. The SMILES string of the molecule is S=C=Nc1cn[nH]c1. The van der Waals surface area contributed by atoms with Crippen LogP contribution in [0.2, 0.25) is 0 Å². The van der Waals surface area contributed by atoms with Crippen LogP contribution >= 0.6 is 12.2 Å². The number of isothiocyanates is 1. The van der Waals surface area contributed by atoms with Gasteiger partial charge in [-0.25, -0.2) is 0 Å². The molecule has 1 aromatic heterocycles. The molecule has 0 fully saturated rings. The lowest BCUT2D eigenvalue weighted by atomic mass is 10.6. The van der Waals surface area contributed by atoms with Gasteiger partial charge in [0.25, 0.3) is 0 Å². The van der Waals surface area contributed by atoms with E-state index in [4.69, 9.17) is 0 Å². The predicted molar refractivity (Wildman–Crippen MR) is 33.3 cm³/mol. The van der Waals surface area contributed by atoms with Crippen LogP contribution in [0.25, 0.3) is 0 Å². The fourth-order valence-corrected chi connectivity index (χ4v) is 0.463. The van der Waals surface area contributed by atoms with Gasteiger partial charge in [0.05, 0.1) is 11.4 Å². The maximum atomic E-state index is 4.34. The van der Waals surface area contributed by atoms with Gasteiger partial charge in [-0.05, 0) is 12.2 Å². The fraction of sp³-hybridized carbons (Fsp3) is 0. The monoisotopic (exact) mass is 125 g/mol. The number of hydrogen-bond donors (Lipinski definition) is 1. The number of nitrogens with zero attached hydrogens (tertiary/aromatic N) is 2. The Labute approximate surface area is 51.4 Å². The van der Waals surface area contributed by atoms with Crippen molar-refractivity contribution >= 4 is 23.1 Å².